The lowest BCUT2D eigenvalue weighted by Gasteiger charge is -2.46. The Morgan fingerprint density at radius 3 is 2.79 bits per heavy atom. The van der Waals surface area contributed by atoms with E-state index in [-0.39, 0.29) is 36.0 Å². The molecule has 0 radical (unpaired) electrons. The molecule has 4 heterocycles. The molecule has 156 valence electrons. The predicted octanol–water partition coefficient (Wildman–Crippen LogP) is 2.06. The van der Waals surface area contributed by atoms with Gasteiger partial charge in [0.05, 0.1) is 18.3 Å². The molecule has 2 aromatic rings. The van der Waals surface area contributed by atoms with E-state index in [0.29, 0.717) is 31.2 Å². The molecule has 0 unspecified atom stereocenters. The molecular formula is C22H30N4O3. The second-order valence-corrected chi connectivity index (χ2v) is 8.75. The van der Waals surface area contributed by atoms with Crippen LogP contribution in [0.25, 0.3) is 0 Å². The zero-order valence-electron chi connectivity index (χ0n) is 17.4. The molecule has 1 saturated heterocycles. The lowest BCUT2D eigenvalue weighted by molar-refractivity contribution is 0.0428. The summed E-state index contributed by atoms with van der Waals surface area (Å²) in [4.78, 5) is 27.7. The van der Waals surface area contributed by atoms with Crippen molar-refractivity contribution >= 4 is 5.91 Å². The number of fused-ring (bicyclic) bond motifs is 4. The van der Waals surface area contributed by atoms with Gasteiger partial charge in [0.25, 0.3) is 11.5 Å². The van der Waals surface area contributed by atoms with Crippen LogP contribution in [0.3, 0.4) is 0 Å². The van der Waals surface area contributed by atoms with Gasteiger partial charge in [-0.3, -0.25) is 14.3 Å². The summed E-state index contributed by atoms with van der Waals surface area (Å²) in [6.45, 7) is 7.98. The van der Waals surface area contributed by atoms with Gasteiger partial charge in [-0.1, -0.05) is 19.9 Å². The Morgan fingerprint density at radius 1 is 1.31 bits per heavy atom. The molecule has 0 aromatic carbocycles. The van der Waals surface area contributed by atoms with Gasteiger partial charge < -0.3 is 14.6 Å². The number of likely N-dealkylation sites (tertiary alicyclic amines) is 1. The molecule has 0 spiro atoms. The molecule has 0 saturated carbocycles. The van der Waals surface area contributed by atoms with Crippen LogP contribution in [0.5, 0.6) is 0 Å². The Kier molecular flexibility index (Phi) is 5.34. The largest absolute Gasteiger partial charge is 0.394 e. The predicted molar refractivity (Wildman–Crippen MR) is 110 cm³/mol. The van der Waals surface area contributed by atoms with Crippen molar-refractivity contribution in [3.8, 4) is 0 Å². The first-order chi connectivity index (χ1) is 13.9. The van der Waals surface area contributed by atoms with Gasteiger partial charge in [0, 0.05) is 43.2 Å². The Bertz CT molecular complexity index is 961. The average Bonchev–Trinajstić information content (AvgIpc) is 3.10. The summed E-state index contributed by atoms with van der Waals surface area (Å²) in [7, 11) is 0. The standard InChI is InChI=1S/C22H30N4O3/c1-4-25-19(10-17(23-25)8-14(2)3)22(29)24-11-15-9-16(12-24)20(13-27)26-18(15)6-5-7-21(26)28/h5-7,10,14-16,20,27H,4,8-9,11-13H2,1-3H3/t15-,16+,20+/m1/s1. The van der Waals surface area contributed by atoms with E-state index >= 15 is 0 Å². The summed E-state index contributed by atoms with van der Waals surface area (Å²) in [6.07, 6.45) is 1.74. The van der Waals surface area contributed by atoms with E-state index in [1.807, 2.05) is 24.0 Å². The van der Waals surface area contributed by atoms with Crippen molar-refractivity contribution in [2.45, 2.75) is 52.1 Å². The van der Waals surface area contributed by atoms with Crippen molar-refractivity contribution in [3.63, 3.8) is 0 Å². The minimum Gasteiger partial charge on any atom is -0.394 e. The van der Waals surface area contributed by atoms with Crippen LogP contribution in [0.4, 0.5) is 0 Å². The lowest BCUT2D eigenvalue weighted by Crippen LogP contribution is -2.52. The molecule has 2 bridgehead atoms. The van der Waals surface area contributed by atoms with Gasteiger partial charge in [0.1, 0.15) is 5.69 Å². The average molecular weight is 399 g/mol. The first kappa shape index (κ1) is 19.9. The highest BCUT2D eigenvalue weighted by Gasteiger charge is 2.42. The second-order valence-electron chi connectivity index (χ2n) is 8.75. The number of aliphatic hydroxyl groups excluding tert-OH is 1. The number of carbonyl (C=O) groups excluding carboxylic acids is 1. The van der Waals surface area contributed by atoms with Crippen LogP contribution in [0.2, 0.25) is 0 Å². The summed E-state index contributed by atoms with van der Waals surface area (Å²) in [5, 5.41) is 14.6. The molecule has 1 amide bonds. The third kappa shape index (κ3) is 3.52. The van der Waals surface area contributed by atoms with Gasteiger partial charge in [-0.25, -0.2) is 0 Å². The molecule has 2 aliphatic rings. The number of aliphatic hydroxyl groups is 1. The highest BCUT2D eigenvalue weighted by molar-refractivity contribution is 5.93. The van der Waals surface area contributed by atoms with Crippen LogP contribution >= 0.6 is 0 Å². The van der Waals surface area contributed by atoms with E-state index in [2.05, 4.69) is 18.9 Å². The number of amides is 1. The molecule has 0 aliphatic carbocycles. The third-order valence-electron chi connectivity index (χ3n) is 6.24. The molecule has 4 rings (SSSR count). The fourth-order valence-corrected chi connectivity index (χ4v) is 5.01. The van der Waals surface area contributed by atoms with E-state index in [9.17, 15) is 14.7 Å². The molecule has 1 N–H and O–H groups in total. The normalized spacial score (nSPS) is 23.3. The topological polar surface area (TPSA) is 80.4 Å². The van der Waals surface area contributed by atoms with E-state index in [0.717, 1.165) is 24.2 Å². The highest BCUT2D eigenvalue weighted by Crippen LogP contribution is 2.41. The van der Waals surface area contributed by atoms with E-state index in [4.69, 9.17) is 0 Å². The van der Waals surface area contributed by atoms with Crippen LogP contribution in [0.1, 0.15) is 61.0 Å². The van der Waals surface area contributed by atoms with Crippen molar-refractivity contribution in [2.24, 2.45) is 11.8 Å². The quantitative estimate of drug-likeness (QED) is 0.836. The molecule has 3 atom stereocenters. The van der Waals surface area contributed by atoms with Gasteiger partial charge in [0.2, 0.25) is 0 Å². The van der Waals surface area contributed by atoms with Crippen LogP contribution in [-0.4, -0.2) is 50.0 Å². The Hall–Kier alpha value is -2.41. The lowest BCUT2D eigenvalue weighted by atomic mass is 9.78. The zero-order valence-corrected chi connectivity index (χ0v) is 17.4. The molecule has 29 heavy (non-hydrogen) atoms. The number of rotatable bonds is 5. The van der Waals surface area contributed by atoms with Crippen LogP contribution in [-0.2, 0) is 13.0 Å². The van der Waals surface area contributed by atoms with E-state index < -0.39 is 0 Å². The molecule has 2 aliphatic heterocycles. The SMILES string of the molecule is CCn1nc(CC(C)C)cc1C(=O)N1C[C@H]2C[C@@H](C1)[C@H](CO)n1c2cccc1=O. The molecular weight excluding hydrogens is 368 g/mol. The summed E-state index contributed by atoms with van der Waals surface area (Å²) >= 11 is 0. The van der Waals surface area contributed by atoms with Crippen molar-refractivity contribution in [1.82, 2.24) is 19.2 Å². The maximum atomic E-state index is 13.4. The second kappa shape index (κ2) is 7.78. The third-order valence-corrected chi connectivity index (χ3v) is 6.24. The number of pyridine rings is 1. The molecule has 2 aromatic heterocycles. The Balaban J connectivity index is 1.65. The van der Waals surface area contributed by atoms with Crippen LogP contribution < -0.4 is 5.56 Å². The number of carbonyl (C=O) groups is 1. The van der Waals surface area contributed by atoms with Crippen LogP contribution in [0, 0.1) is 11.8 Å². The molecule has 7 heteroatoms. The smallest absolute Gasteiger partial charge is 0.272 e. The number of nitrogens with zero attached hydrogens (tertiary/aromatic N) is 4. The first-order valence-electron chi connectivity index (χ1n) is 10.6. The fourth-order valence-electron chi connectivity index (χ4n) is 5.01. The van der Waals surface area contributed by atoms with Crippen molar-refractivity contribution < 1.29 is 9.90 Å². The van der Waals surface area contributed by atoms with Crippen molar-refractivity contribution in [3.05, 3.63) is 51.7 Å². The van der Waals surface area contributed by atoms with Gasteiger partial charge in [-0.2, -0.15) is 5.10 Å². The number of hydrogen-bond donors (Lipinski definition) is 1. The highest BCUT2D eigenvalue weighted by atomic mass is 16.3. The summed E-state index contributed by atoms with van der Waals surface area (Å²) in [5.74, 6) is 0.658. The molecule has 7 nitrogen and oxygen atoms in total. The number of hydrogen-bond acceptors (Lipinski definition) is 4. The van der Waals surface area contributed by atoms with Crippen LogP contribution in [0.15, 0.2) is 29.1 Å². The van der Waals surface area contributed by atoms with E-state index in [1.165, 1.54) is 0 Å². The minimum absolute atomic E-state index is 0.00697. The van der Waals surface area contributed by atoms with Crippen molar-refractivity contribution in [1.29, 1.82) is 0 Å². The van der Waals surface area contributed by atoms with Crippen molar-refractivity contribution in [2.75, 3.05) is 19.7 Å². The summed E-state index contributed by atoms with van der Waals surface area (Å²) in [6, 6.07) is 6.92. The van der Waals surface area contributed by atoms with Gasteiger partial charge in [-0.05, 0) is 37.8 Å². The summed E-state index contributed by atoms with van der Waals surface area (Å²) in [5.41, 5.74) is 2.44. The van der Waals surface area contributed by atoms with E-state index in [1.54, 1.807) is 21.4 Å². The monoisotopic (exact) mass is 398 g/mol. The zero-order chi connectivity index (χ0) is 20.7. The minimum atomic E-state index is -0.280. The summed E-state index contributed by atoms with van der Waals surface area (Å²) < 4.78 is 3.55. The Morgan fingerprint density at radius 2 is 2.10 bits per heavy atom. The van der Waals surface area contributed by atoms with Gasteiger partial charge in [-0.15, -0.1) is 0 Å². The fraction of sp³-hybridized carbons (Fsp3) is 0.591. The number of aryl methyl sites for hydroxylation is 1. The maximum Gasteiger partial charge on any atom is 0.272 e. The Labute approximate surface area is 170 Å². The number of aromatic nitrogens is 3. The van der Waals surface area contributed by atoms with Gasteiger partial charge in [0.15, 0.2) is 0 Å². The number of piperidine rings is 1. The van der Waals surface area contributed by atoms with Gasteiger partial charge >= 0.3 is 0 Å². The molecule has 1 fully saturated rings. The first-order valence-corrected chi connectivity index (χ1v) is 10.6. The maximum absolute atomic E-state index is 13.4.